The monoisotopic (exact) mass is 392 g/mol. The zero-order valence-corrected chi connectivity index (χ0v) is 16.3. The maximum atomic E-state index is 12.4. The zero-order valence-electron chi connectivity index (χ0n) is 16.3. The Labute approximate surface area is 161 Å². The Hall–Kier alpha value is -2.42. The highest BCUT2D eigenvalue weighted by atomic mass is 16.7. The molecule has 1 aromatic heterocycles. The van der Waals surface area contributed by atoms with E-state index in [0.29, 0.717) is 12.8 Å². The van der Waals surface area contributed by atoms with Crippen LogP contribution in [-0.2, 0) is 23.8 Å². The molecule has 2 heterocycles. The Kier molecular flexibility index (Phi) is 4.08. The largest absolute Gasteiger partial charge is 0.455 e. The predicted molar refractivity (Wildman–Crippen MR) is 95.3 cm³/mol. The first-order valence-corrected chi connectivity index (χ1v) is 9.54. The molecule has 3 fully saturated rings. The second-order valence-corrected chi connectivity index (χ2v) is 8.46. The molecular weight excluding hydrogens is 368 g/mol. The van der Waals surface area contributed by atoms with Gasteiger partial charge in [-0.05, 0) is 12.8 Å². The zero-order chi connectivity index (χ0) is 20.4. The normalized spacial score (nSPS) is 31.7. The van der Waals surface area contributed by atoms with E-state index in [1.165, 1.54) is 16.8 Å². The average molecular weight is 392 g/mol. The molecule has 0 amide bonds. The van der Waals surface area contributed by atoms with Crippen LogP contribution >= 0.6 is 0 Å². The van der Waals surface area contributed by atoms with E-state index in [2.05, 4.69) is 4.98 Å². The smallest absolute Gasteiger partial charge is 0.330 e. The number of nitrogens with one attached hydrogen (secondary N) is 1. The average Bonchev–Trinajstić information content (AvgIpc) is 3.48. The third-order valence-electron chi connectivity index (χ3n) is 5.89. The van der Waals surface area contributed by atoms with Crippen LogP contribution in [0, 0.1) is 17.3 Å². The van der Waals surface area contributed by atoms with Gasteiger partial charge in [0, 0.05) is 12.3 Å². The molecule has 152 valence electrons. The van der Waals surface area contributed by atoms with Crippen molar-refractivity contribution < 1.29 is 23.8 Å². The summed E-state index contributed by atoms with van der Waals surface area (Å²) in [5.74, 6) is -1.48. The number of carbonyl (C=O) groups excluding carboxylic acids is 2. The third-order valence-corrected chi connectivity index (χ3v) is 5.89. The molecule has 1 aromatic rings. The molecule has 0 aromatic carbocycles. The first kappa shape index (κ1) is 18.9. The fraction of sp³-hybridized carbons (Fsp3) is 0.684. The van der Waals surface area contributed by atoms with Crippen LogP contribution in [0.2, 0.25) is 0 Å². The predicted octanol–water partition coefficient (Wildman–Crippen LogP) is 0.734. The van der Waals surface area contributed by atoms with Gasteiger partial charge in [0.05, 0.1) is 17.3 Å². The van der Waals surface area contributed by atoms with Gasteiger partial charge in [0.2, 0.25) is 0 Å². The Morgan fingerprint density at radius 2 is 1.82 bits per heavy atom. The second-order valence-electron chi connectivity index (χ2n) is 8.46. The standard InChI is InChI=1S/C19H24N2O7/c1-9(2)14(23)26-12-13-19(12,28-15(24)10(3)4)18(6-7-18)16(27-13)21-8-5-11(22)20-17(21)25/h5,8-10,12-13,16H,6-7H2,1-4H3,(H,20,22,25). The number of hydrogen-bond acceptors (Lipinski definition) is 7. The summed E-state index contributed by atoms with van der Waals surface area (Å²) in [6.07, 6.45) is 0.660. The van der Waals surface area contributed by atoms with Crippen molar-refractivity contribution >= 4 is 11.9 Å². The molecule has 0 bridgehead atoms. The van der Waals surface area contributed by atoms with Gasteiger partial charge in [-0.15, -0.1) is 0 Å². The van der Waals surface area contributed by atoms with E-state index in [1.54, 1.807) is 27.7 Å². The van der Waals surface area contributed by atoms with Crippen LogP contribution < -0.4 is 11.2 Å². The quantitative estimate of drug-likeness (QED) is 0.734. The molecule has 4 atom stereocenters. The SMILES string of the molecule is CC(C)C(=O)OC1C2OC(n3ccc(=O)[nH]c3=O)C3(CC3)C12OC(=O)C(C)C. The first-order valence-electron chi connectivity index (χ1n) is 9.54. The molecule has 4 unspecified atom stereocenters. The first-order chi connectivity index (χ1) is 13.1. The number of fused-ring (bicyclic) bond motifs is 2. The lowest BCUT2D eigenvalue weighted by Crippen LogP contribution is -2.43. The van der Waals surface area contributed by atoms with Crippen LogP contribution in [0.5, 0.6) is 0 Å². The van der Waals surface area contributed by atoms with Gasteiger partial charge in [0.15, 0.2) is 11.7 Å². The summed E-state index contributed by atoms with van der Waals surface area (Å²) in [6.45, 7) is 6.91. The lowest BCUT2D eigenvalue weighted by atomic mass is 9.94. The van der Waals surface area contributed by atoms with Crippen LogP contribution in [0.15, 0.2) is 21.9 Å². The fourth-order valence-electron chi connectivity index (χ4n) is 4.14. The Balaban J connectivity index is 1.70. The number of aromatic amines is 1. The molecule has 4 rings (SSSR count). The number of aromatic nitrogens is 2. The minimum atomic E-state index is -1.10. The molecule has 2 aliphatic carbocycles. The van der Waals surface area contributed by atoms with Gasteiger partial charge in [-0.2, -0.15) is 0 Å². The van der Waals surface area contributed by atoms with Crippen molar-refractivity contribution in [2.75, 3.05) is 0 Å². The number of hydrogen-bond donors (Lipinski definition) is 1. The molecule has 2 saturated carbocycles. The topological polar surface area (TPSA) is 117 Å². The summed E-state index contributed by atoms with van der Waals surface area (Å²) < 4.78 is 18.9. The minimum absolute atomic E-state index is 0.327. The van der Waals surface area contributed by atoms with Crippen molar-refractivity contribution in [2.24, 2.45) is 17.3 Å². The van der Waals surface area contributed by atoms with Crippen molar-refractivity contribution in [1.29, 1.82) is 0 Å². The molecule has 9 heteroatoms. The molecular formula is C19H24N2O7. The Morgan fingerprint density at radius 1 is 1.18 bits per heavy atom. The highest BCUT2D eigenvalue weighted by Crippen LogP contribution is 2.77. The molecule has 1 saturated heterocycles. The van der Waals surface area contributed by atoms with Gasteiger partial charge in [0.25, 0.3) is 5.56 Å². The summed E-state index contributed by atoms with van der Waals surface area (Å²) in [5, 5.41) is 0. The number of rotatable bonds is 5. The number of ether oxygens (including phenoxy) is 3. The molecule has 0 radical (unpaired) electrons. The lowest BCUT2D eigenvalue weighted by Gasteiger charge is -2.30. The maximum Gasteiger partial charge on any atom is 0.330 e. The Morgan fingerprint density at radius 3 is 2.36 bits per heavy atom. The van der Waals surface area contributed by atoms with Gasteiger partial charge in [0.1, 0.15) is 12.3 Å². The molecule has 28 heavy (non-hydrogen) atoms. The van der Waals surface area contributed by atoms with E-state index < -0.39 is 52.6 Å². The van der Waals surface area contributed by atoms with E-state index in [1.807, 2.05) is 0 Å². The van der Waals surface area contributed by atoms with E-state index in [4.69, 9.17) is 14.2 Å². The summed E-state index contributed by atoms with van der Waals surface area (Å²) >= 11 is 0. The van der Waals surface area contributed by atoms with Crippen LogP contribution in [-0.4, -0.2) is 39.3 Å². The molecule has 3 aliphatic rings. The Bertz CT molecular complexity index is 942. The summed E-state index contributed by atoms with van der Waals surface area (Å²) in [4.78, 5) is 50.5. The minimum Gasteiger partial charge on any atom is -0.455 e. The van der Waals surface area contributed by atoms with Crippen molar-refractivity contribution in [3.63, 3.8) is 0 Å². The highest BCUT2D eigenvalue weighted by molar-refractivity contribution is 5.75. The fourth-order valence-corrected chi connectivity index (χ4v) is 4.14. The molecule has 1 N–H and O–H groups in total. The number of carbonyl (C=O) groups is 2. The van der Waals surface area contributed by atoms with Gasteiger partial charge in [-0.3, -0.25) is 23.9 Å². The third kappa shape index (κ3) is 2.48. The van der Waals surface area contributed by atoms with Crippen LogP contribution in [0.1, 0.15) is 46.8 Å². The van der Waals surface area contributed by atoms with Gasteiger partial charge in [-0.25, -0.2) is 4.79 Å². The summed E-state index contributed by atoms with van der Waals surface area (Å²) in [7, 11) is 0. The lowest BCUT2D eigenvalue weighted by molar-refractivity contribution is -0.172. The summed E-state index contributed by atoms with van der Waals surface area (Å²) in [6, 6.07) is 1.24. The molecule has 1 spiro atoms. The number of H-pyrrole nitrogens is 1. The van der Waals surface area contributed by atoms with Gasteiger partial charge >= 0.3 is 17.6 Å². The van der Waals surface area contributed by atoms with E-state index in [-0.39, 0.29) is 11.8 Å². The van der Waals surface area contributed by atoms with Crippen molar-refractivity contribution in [3.05, 3.63) is 33.1 Å². The van der Waals surface area contributed by atoms with E-state index in [0.717, 1.165) is 0 Å². The number of nitrogens with zero attached hydrogens (tertiary/aromatic N) is 1. The molecule has 1 aliphatic heterocycles. The number of esters is 2. The van der Waals surface area contributed by atoms with E-state index in [9.17, 15) is 19.2 Å². The van der Waals surface area contributed by atoms with Gasteiger partial charge < -0.3 is 14.2 Å². The van der Waals surface area contributed by atoms with Crippen LogP contribution in [0.25, 0.3) is 0 Å². The maximum absolute atomic E-state index is 12.4. The van der Waals surface area contributed by atoms with Gasteiger partial charge in [-0.1, -0.05) is 27.7 Å². The summed E-state index contributed by atoms with van der Waals surface area (Å²) in [5.41, 5.74) is -2.85. The van der Waals surface area contributed by atoms with Crippen LogP contribution in [0.3, 0.4) is 0 Å². The van der Waals surface area contributed by atoms with Crippen molar-refractivity contribution in [2.45, 2.75) is 64.6 Å². The second kappa shape index (κ2) is 6.04. The van der Waals surface area contributed by atoms with Crippen molar-refractivity contribution in [3.8, 4) is 0 Å². The molecule has 9 nitrogen and oxygen atoms in total. The van der Waals surface area contributed by atoms with Crippen LogP contribution in [0.4, 0.5) is 0 Å². The van der Waals surface area contributed by atoms with Crippen molar-refractivity contribution in [1.82, 2.24) is 9.55 Å². The van der Waals surface area contributed by atoms with E-state index >= 15 is 0 Å². The highest BCUT2D eigenvalue weighted by Gasteiger charge is 2.91.